The Bertz CT molecular complexity index is 583. The summed E-state index contributed by atoms with van der Waals surface area (Å²) >= 11 is 0. The van der Waals surface area contributed by atoms with Gasteiger partial charge in [-0.25, -0.2) is 0 Å². The van der Waals surface area contributed by atoms with E-state index in [-0.39, 0.29) is 0 Å². The van der Waals surface area contributed by atoms with E-state index >= 15 is 0 Å². The predicted octanol–water partition coefficient (Wildman–Crippen LogP) is 5.61. The maximum Gasteiger partial charge on any atom is 0.118 e. The van der Waals surface area contributed by atoms with E-state index < -0.39 is 0 Å². The standard InChI is InChI=1S/C23H37NO/c1-16-20-12-18(23(20,5)6)13-21(16)24(15-22(2,3)4)14-17-8-10-19(25-7)11-9-17/h8-11,16,18,20-21H,12-15H2,1-7H3/t16-,18?,20-,21-/m1/s1. The lowest BCUT2D eigenvalue weighted by molar-refractivity contribution is -0.143. The number of hydrogen-bond acceptors (Lipinski definition) is 2. The fourth-order valence-electron chi connectivity index (χ4n) is 5.47. The van der Waals surface area contributed by atoms with Crippen LogP contribution in [-0.4, -0.2) is 24.6 Å². The number of fused-ring (bicyclic) bond motifs is 2. The lowest BCUT2D eigenvalue weighted by Gasteiger charge is -2.63. The van der Waals surface area contributed by atoms with Gasteiger partial charge in [-0.2, -0.15) is 0 Å². The molecule has 0 saturated heterocycles. The molecule has 4 rings (SSSR count). The molecule has 2 heteroatoms. The molecule has 140 valence electrons. The van der Waals surface area contributed by atoms with Gasteiger partial charge in [-0.05, 0) is 59.1 Å². The first-order valence-electron chi connectivity index (χ1n) is 9.99. The molecule has 2 bridgehead atoms. The number of methoxy groups -OCH3 is 1. The summed E-state index contributed by atoms with van der Waals surface area (Å²) < 4.78 is 5.32. The van der Waals surface area contributed by atoms with E-state index in [0.717, 1.165) is 42.6 Å². The summed E-state index contributed by atoms with van der Waals surface area (Å²) in [4.78, 5) is 2.78. The third-order valence-corrected chi connectivity index (χ3v) is 7.01. The SMILES string of the molecule is COc1ccc(CN(CC(C)(C)C)[C@@H]2CC3C[C@H]([C@H]2C)C3(C)C)cc1. The van der Waals surface area contributed by atoms with Gasteiger partial charge in [0.05, 0.1) is 7.11 Å². The van der Waals surface area contributed by atoms with Crippen LogP contribution in [0.4, 0.5) is 0 Å². The normalized spacial score (nSPS) is 30.9. The van der Waals surface area contributed by atoms with E-state index in [0.29, 0.717) is 10.8 Å². The van der Waals surface area contributed by atoms with E-state index in [9.17, 15) is 0 Å². The molecule has 3 fully saturated rings. The summed E-state index contributed by atoms with van der Waals surface area (Å²) in [5.74, 6) is 3.55. The van der Waals surface area contributed by atoms with Crippen LogP contribution in [0.5, 0.6) is 5.75 Å². The second-order valence-corrected chi connectivity index (χ2v) is 10.3. The fraction of sp³-hybridized carbons (Fsp3) is 0.739. The summed E-state index contributed by atoms with van der Waals surface area (Å²) in [7, 11) is 1.73. The Kier molecular flexibility index (Phi) is 4.96. The van der Waals surface area contributed by atoms with Gasteiger partial charge in [-0.3, -0.25) is 4.90 Å². The highest BCUT2D eigenvalue weighted by molar-refractivity contribution is 5.27. The van der Waals surface area contributed by atoms with Gasteiger partial charge in [-0.1, -0.05) is 53.7 Å². The van der Waals surface area contributed by atoms with Gasteiger partial charge in [0.25, 0.3) is 0 Å². The zero-order chi connectivity index (χ0) is 18.4. The molecule has 1 aromatic rings. The van der Waals surface area contributed by atoms with Crippen molar-refractivity contribution < 1.29 is 4.74 Å². The zero-order valence-corrected chi connectivity index (χ0v) is 17.3. The van der Waals surface area contributed by atoms with Crippen molar-refractivity contribution in [1.82, 2.24) is 4.90 Å². The average molecular weight is 344 g/mol. The number of rotatable bonds is 5. The largest absolute Gasteiger partial charge is 0.497 e. The van der Waals surface area contributed by atoms with Gasteiger partial charge < -0.3 is 4.74 Å². The van der Waals surface area contributed by atoms with E-state index in [4.69, 9.17) is 4.74 Å². The van der Waals surface area contributed by atoms with Gasteiger partial charge >= 0.3 is 0 Å². The number of benzene rings is 1. The molecule has 0 radical (unpaired) electrons. The van der Waals surface area contributed by atoms with Gasteiger partial charge in [0.15, 0.2) is 0 Å². The second-order valence-electron chi connectivity index (χ2n) is 10.3. The molecule has 0 aromatic heterocycles. The molecule has 3 aliphatic rings. The molecule has 4 atom stereocenters. The first-order valence-corrected chi connectivity index (χ1v) is 9.99. The molecule has 0 heterocycles. The number of nitrogens with zero attached hydrogens (tertiary/aromatic N) is 1. The lowest BCUT2D eigenvalue weighted by Crippen LogP contribution is -2.61. The molecule has 2 nitrogen and oxygen atoms in total. The Morgan fingerprint density at radius 1 is 1.12 bits per heavy atom. The predicted molar refractivity (Wildman–Crippen MR) is 106 cm³/mol. The third kappa shape index (κ3) is 3.74. The molecular weight excluding hydrogens is 306 g/mol. The van der Waals surface area contributed by atoms with Gasteiger partial charge in [-0.15, -0.1) is 0 Å². The smallest absolute Gasteiger partial charge is 0.118 e. The number of hydrogen-bond donors (Lipinski definition) is 0. The molecule has 25 heavy (non-hydrogen) atoms. The molecule has 3 aliphatic carbocycles. The van der Waals surface area contributed by atoms with Gasteiger partial charge in [0.2, 0.25) is 0 Å². The molecule has 0 aliphatic heterocycles. The van der Waals surface area contributed by atoms with Crippen LogP contribution in [-0.2, 0) is 6.54 Å². The first-order chi connectivity index (χ1) is 11.6. The van der Waals surface area contributed by atoms with Crippen molar-refractivity contribution in [3.05, 3.63) is 29.8 Å². The van der Waals surface area contributed by atoms with E-state index in [1.165, 1.54) is 18.4 Å². The Hall–Kier alpha value is -1.02. The Morgan fingerprint density at radius 3 is 2.24 bits per heavy atom. The highest BCUT2D eigenvalue weighted by Crippen LogP contribution is 2.62. The number of ether oxygens (including phenoxy) is 1. The summed E-state index contributed by atoms with van der Waals surface area (Å²) in [5, 5.41) is 0. The van der Waals surface area contributed by atoms with Crippen molar-refractivity contribution in [2.45, 2.75) is 67.0 Å². The van der Waals surface area contributed by atoms with Crippen molar-refractivity contribution in [2.24, 2.45) is 28.6 Å². The maximum atomic E-state index is 5.32. The van der Waals surface area contributed by atoms with Crippen molar-refractivity contribution in [3.8, 4) is 5.75 Å². The van der Waals surface area contributed by atoms with Crippen LogP contribution < -0.4 is 4.74 Å². The van der Waals surface area contributed by atoms with E-state index in [1.807, 2.05) is 0 Å². The van der Waals surface area contributed by atoms with Gasteiger partial charge in [0.1, 0.15) is 5.75 Å². The van der Waals surface area contributed by atoms with E-state index in [1.54, 1.807) is 7.11 Å². The summed E-state index contributed by atoms with van der Waals surface area (Å²) in [6.45, 7) is 16.8. The minimum Gasteiger partial charge on any atom is -0.497 e. The van der Waals surface area contributed by atoms with Crippen molar-refractivity contribution in [2.75, 3.05) is 13.7 Å². The van der Waals surface area contributed by atoms with Gasteiger partial charge in [0, 0.05) is 19.1 Å². The Labute approximate surface area is 154 Å². The molecule has 1 unspecified atom stereocenters. The van der Waals surface area contributed by atoms with Crippen LogP contribution in [0.1, 0.15) is 59.9 Å². The molecule has 0 amide bonds. The van der Waals surface area contributed by atoms with Crippen LogP contribution in [0.15, 0.2) is 24.3 Å². The minimum atomic E-state index is 0.323. The van der Waals surface area contributed by atoms with Crippen molar-refractivity contribution in [1.29, 1.82) is 0 Å². The van der Waals surface area contributed by atoms with Crippen molar-refractivity contribution in [3.63, 3.8) is 0 Å². The quantitative estimate of drug-likeness (QED) is 0.688. The first kappa shape index (κ1) is 18.8. The Morgan fingerprint density at radius 2 is 1.76 bits per heavy atom. The Balaban J connectivity index is 1.78. The minimum absolute atomic E-state index is 0.323. The van der Waals surface area contributed by atoms with Crippen LogP contribution in [0.2, 0.25) is 0 Å². The summed E-state index contributed by atoms with van der Waals surface area (Å²) in [5.41, 5.74) is 2.28. The highest BCUT2D eigenvalue weighted by Gasteiger charge is 2.57. The molecular formula is C23H37NO. The molecule has 0 spiro atoms. The fourth-order valence-corrected chi connectivity index (χ4v) is 5.47. The third-order valence-electron chi connectivity index (χ3n) is 7.01. The van der Waals surface area contributed by atoms with Crippen LogP contribution >= 0.6 is 0 Å². The second kappa shape index (κ2) is 6.61. The molecule has 3 saturated carbocycles. The topological polar surface area (TPSA) is 12.5 Å². The molecule has 0 N–H and O–H groups in total. The van der Waals surface area contributed by atoms with Crippen LogP contribution in [0, 0.1) is 28.6 Å². The average Bonchev–Trinajstić information content (AvgIpc) is 2.53. The highest BCUT2D eigenvalue weighted by atomic mass is 16.5. The van der Waals surface area contributed by atoms with Crippen LogP contribution in [0.25, 0.3) is 0 Å². The van der Waals surface area contributed by atoms with Crippen LogP contribution in [0.3, 0.4) is 0 Å². The zero-order valence-electron chi connectivity index (χ0n) is 17.3. The monoisotopic (exact) mass is 343 g/mol. The lowest BCUT2D eigenvalue weighted by atomic mass is 9.44. The molecule has 1 aromatic carbocycles. The maximum absolute atomic E-state index is 5.32. The summed E-state index contributed by atoms with van der Waals surface area (Å²) in [6, 6.07) is 9.36. The summed E-state index contributed by atoms with van der Waals surface area (Å²) in [6.07, 6.45) is 2.83. The van der Waals surface area contributed by atoms with E-state index in [2.05, 4.69) is 70.7 Å². The van der Waals surface area contributed by atoms with Crippen molar-refractivity contribution >= 4 is 0 Å².